The summed E-state index contributed by atoms with van der Waals surface area (Å²) in [6.45, 7) is 0.628. The van der Waals surface area contributed by atoms with Gasteiger partial charge < -0.3 is 16.0 Å². The molecule has 1 aliphatic carbocycles. The first kappa shape index (κ1) is 16.4. The molecular formula is C16H24N4O2. The number of carbonyl (C=O) groups is 2. The van der Waals surface area contributed by atoms with E-state index in [4.69, 9.17) is 5.73 Å². The second-order valence-electron chi connectivity index (χ2n) is 5.87. The molecule has 2 atom stereocenters. The molecule has 0 spiro atoms. The molecular weight excluding hydrogens is 280 g/mol. The molecule has 1 heterocycles. The third kappa shape index (κ3) is 4.80. The number of carbonyl (C=O) groups excluding carboxylic acids is 2. The molecule has 1 fully saturated rings. The zero-order chi connectivity index (χ0) is 15.9. The van der Waals surface area contributed by atoms with Gasteiger partial charge in [-0.25, -0.2) is 0 Å². The van der Waals surface area contributed by atoms with E-state index in [2.05, 4.69) is 10.3 Å². The molecule has 0 radical (unpaired) electrons. The monoisotopic (exact) mass is 304 g/mol. The van der Waals surface area contributed by atoms with Crippen LogP contribution in [0.1, 0.15) is 25.0 Å². The van der Waals surface area contributed by atoms with E-state index in [9.17, 15) is 9.59 Å². The van der Waals surface area contributed by atoms with E-state index >= 15 is 0 Å². The van der Waals surface area contributed by atoms with E-state index in [1.807, 2.05) is 18.2 Å². The van der Waals surface area contributed by atoms with Gasteiger partial charge in [0.05, 0.1) is 6.54 Å². The van der Waals surface area contributed by atoms with Gasteiger partial charge in [-0.1, -0.05) is 6.07 Å². The number of hydrogen-bond acceptors (Lipinski definition) is 4. The van der Waals surface area contributed by atoms with E-state index in [1.165, 1.54) is 0 Å². The molecule has 3 N–H and O–H groups in total. The maximum Gasteiger partial charge on any atom is 0.241 e. The predicted octanol–water partition coefficient (Wildman–Crippen LogP) is 0.326. The third-order valence-electron chi connectivity index (χ3n) is 4.11. The van der Waals surface area contributed by atoms with Gasteiger partial charge in [0.2, 0.25) is 11.8 Å². The molecule has 1 aliphatic rings. The number of likely N-dealkylation sites (N-methyl/N-ethyl adjacent to an activating group) is 1. The van der Waals surface area contributed by atoms with Crippen molar-refractivity contribution in [2.45, 2.75) is 31.7 Å². The topological polar surface area (TPSA) is 88.3 Å². The van der Waals surface area contributed by atoms with Gasteiger partial charge in [-0.2, -0.15) is 0 Å². The standard InChI is InChI=1S/C16H24N4O2/c1-20(9-7-14-4-2-3-8-18-14)15(21)11-19-16(22)12-5-6-13(17)10-12/h2-4,8,12-13H,5-7,9-11,17H2,1H3,(H,19,22). The van der Waals surface area contributed by atoms with Crippen molar-refractivity contribution in [3.8, 4) is 0 Å². The first-order valence-corrected chi connectivity index (χ1v) is 7.73. The highest BCUT2D eigenvalue weighted by atomic mass is 16.2. The van der Waals surface area contributed by atoms with Crippen LogP contribution in [0.2, 0.25) is 0 Å². The second kappa shape index (κ2) is 7.89. The highest BCUT2D eigenvalue weighted by Crippen LogP contribution is 2.23. The Morgan fingerprint density at radius 2 is 2.23 bits per heavy atom. The van der Waals surface area contributed by atoms with Crippen LogP contribution < -0.4 is 11.1 Å². The van der Waals surface area contributed by atoms with Gasteiger partial charge in [0.1, 0.15) is 0 Å². The van der Waals surface area contributed by atoms with Crippen LogP contribution in [-0.2, 0) is 16.0 Å². The smallest absolute Gasteiger partial charge is 0.241 e. The van der Waals surface area contributed by atoms with Crippen molar-refractivity contribution in [2.24, 2.45) is 11.7 Å². The molecule has 0 bridgehead atoms. The minimum atomic E-state index is -0.0911. The summed E-state index contributed by atoms with van der Waals surface area (Å²) in [5, 5.41) is 2.72. The van der Waals surface area contributed by atoms with E-state index in [0.717, 1.165) is 25.0 Å². The van der Waals surface area contributed by atoms with E-state index < -0.39 is 0 Å². The number of aromatic nitrogens is 1. The zero-order valence-electron chi connectivity index (χ0n) is 13.0. The molecule has 0 aromatic carbocycles. The summed E-state index contributed by atoms with van der Waals surface area (Å²) in [5.41, 5.74) is 6.75. The number of nitrogens with zero attached hydrogens (tertiary/aromatic N) is 2. The molecule has 2 amide bonds. The minimum absolute atomic E-state index is 0.0402. The Morgan fingerprint density at radius 1 is 1.41 bits per heavy atom. The molecule has 22 heavy (non-hydrogen) atoms. The summed E-state index contributed by atoms with van der Waals surface area (Å²) in [5.74, 6) is -0.187. The van der Waals surface area contributed by atoms with Crippen molar-refractivity contribution in [3.05, 3.63) is 30.1 Å². The highest BCUT2D eigenvalue weighted by molar-refractivity contribution is 5.85. The van der Waals surface area contributed by atoms with Crippen LogP contribution in [0.25, 0.3) is 0 Å². The lowest BCUT2D eigenvalue weighted by atomic mass is 10.1. The van der Waals surface area contributed by atoms with Crippen molar-refractivity contribution in [2.75, 3.05) is 20.1 Å². The number of rotatable bonds is 6. The van der Waals surface area contributed by atoms with Crippen LogP contribution in [0.15, 0.2) is 24.4 Å². The van der Waals surface area contributed by atoms with E-state index in [-0.39, 0.29) is 30.3 Å². The molecule has 6 nitrogen and oxygen atoms in total. The SMILES string of the molecule is CN(CCc1ccccn1)C(=O)CNC(=O)C1CCC(N)C1. The Kier molecular flexibility index (Phi) is 5.89. The first-order valence-electron chi connectivity index (χ1n) is 7.73. The Morgan fingerprint density at radius 3 is 2.86 bits per heavy atom. The van der Waals surface area contributed by atoms with Crippen molar-refractivity contribution in [1.82, 2.24) is 15.2 Å². The largest absolute Gasteiger partial charge is 0.347 e. The fraction of sp³-hybridized carbons (Fsp3) is 0.562. The molecule has 1 aromatic rings. The summed E-state index contributed by atoms with van der Waals surface area (Å²) < 4.78 is 0. The van der Waals surface area contributed by atoms with Crippen LogP contribution in [0.3, 0.4) is 0 Å². The van der Waals surface area contributed by atoms with Crippen LogP contribution in [0, 0.1) is 5.92 Å². The number of hydrogen-bond donors (Lipinski definition) is 2. The van der Waals surface area contributed by atoms with Crippen LogP contribution >= 0.6 is 0 Å². The first-order chi connectivity index (χ1) is 10.6. The van der Waals surface area contributed by atoms with Gasteiger partial charge in [-0.3, -0.25) is 14.6 Å². The lowest BCUT2D eigenvalue weighted by molar-refractivity contribution is -0.132. The predicted molar refractivity (Wildman–Crippen MR) is 83.9 cm³/mol. The molecule has 0 saturated heterocycles. The Labute approximate surface area is 131 Å². The van der Waals surface area contributed by atoms with E-state index in [1.54, 1.807) is 18.1 Å². The molecule has 6 heteroatoms. The van der Waals surface area contributed by atoms with Crippen LogP contribution in [-0.4, -0.2) is 47.9 Å². The summed E-state index contributed by atoms with van der Waals surface area (Å²) in [7, 11) is 1.74. The number of nitrogens with two attached hydrogens (primary N) is 1. The maximum absolute atomic E-state index is 12.0. The Balaban J connectivity index is 1.69. The van der Waals surface area contributed by atoms with Gasteiger partial charge in [-0.05, 0) is 31.4 Å². The molecule has 0 aliphatic heterocycles. The summed E-state index contributed by atoms with van der Waals surface area (Å²) >= 11 is 0. The minimum Gasteiger partial charge on any atom is -0.347 e. The third-order valence-corrected chi connectivity index (χ3v) is 4.11. The summed E-state index contributed by atoms with van der Waals surface area (Å²) in [4.78, 5) is 29.8. The van der Waals surface area contributed by atoms with Gasteiger partial charge in [0, 0.05) is 43.9 Å². The lowest BCUT2D eigenvalue weighted by Crippen LogP contribution is -2.41. The van der Waals surface area contributed by atoms with Crippen molar-refractivity contribution in [3.63, 3.8) is 0 Å². The molecule has 2 rings (SSSR count). The number of nitrogens with one attached hydrogen (secondary N) is 1. The van der Waals surface area contributed by atoms with Gasteiger partial charge in [-0.15, -0.1) is 0 Å². The quantitative estimate of drug-likeness (QED) is 0.792. The average molecular weight is 304 g/mol. The van der Waals surface area contributed by atoms with Crippen molar-refractivity contribution >= 4 is 11.8 Å². The van der Waals surface area contributed by atoms with Gasteiger partial charge in [0.25, 0.3) is 0 Å². The van der Waals surface area contributed by atoms with Crippen LogP contribution in [0.5, 0.6) is 0 Å². The highest BCUT2D eigenvalue weighted by Gasteiger charge is 2.27. The Bertz CT molecular complexity index is 506. The normalized spacial score (nSPS) is 20.6. The molecule has 1 aromatic heterocycles. The number of pyridine rings is 1. The fourth-order valence-corrected chi connectivity index (χ4v) is 2.65. The number of amides is 2. The van der Waals surface area contributed by atoms with E-state index in [0.29, 0.717) is 13.0 Å². The van der Waals surface area contributed by atoms with Gasteiger partial charge >= 0.3 is 0 Å². The molecule has 2 unspecified atom stereocenters. The maximum atomic E-state index is 12.0. The average Bonchev–Trinajstić information content (AvgIpc) is 2.97. The molecule has 120 valence electrons. The Hall–Kier alpha value is -1.95. The van der Waals surface area contributed by atoms with Gasteiger partial charge in [0.15, 0.2) is 0 Å². The second-order valence-corrected chi connectivity index (χ2v) is 5.87. The summed E-state index contributed by atoms with van der Waals surface area (Å²) in [6, 6.07) is 5.84. The van der Waals surface area contributed by atoms with Crippen molar-refractivity contribution in [1.29, 1.82) is 0 Å². The fourth-order valence-electron chi connectivity index (χ4n) is 2.65. The zero-order valence-corrected chi connectivity index (χ0v) is 13.0. The molecule has 1 saturated carbocycles. The van der Waals surface area contributed by atoms with Crippen molar-refractivity contribution < 1.29 is 9.59 Å². The lowest BCUT2D eigenvalue weighted by Gasteiger charge is -2.18. The van der Waals surface area contributed by atoms with Crippen LogP contribution in [0.4, 0.5) is 0 Å². The summed E-state index contributed by atoms with van der Waals surface area (Å²) in [6.07, 6.45) is 4.86.